The fourth-order valence-electron chi connectivity index (χ4n) is 3.55. The molecule has 1 amide bonds. The van der Waals surface area contributed by atoms with E-state index >= 15 is 0 Å². The lowest BCUT2D eigenvalue weighted by atomic mass is 9.99. The molecule has 3 aliphatic rings. The van der Waals surface area contributed by atoms with Crippen LogP contribution in [0.4, 0.5) is 0 Å². The number of rotatable bonds is 3. The molecule has 0 spiro atoms. The molecule has 138 valence electrons. The van der Waals surface area contributed by atoms with Crippen LogP contribution >= 0.6 is 0 Å². The zero-order valence-electron chi connectivity index (χ0n) is 14.7. The minimum atomic E-state index is -0.762. The van der Waals surface area contributed by atoms with Crippen molar-refractivity contribution in [1.82, 2.24) is 5.32 Å². The maximum absolute atomic E-state index is 12.1. The first-order valence-electron chi connectivity index (χ1n) is 8.43. The lowest BCUT2D eigenvalue weighted by Gasteiger charge is -2.37. The molecule has 0 saturated carbocycles. The van der Waals surface area contributed by atoms with Gasteiger partial charge in [0.05, 0.1) is 6.26 Å². The predicted octanol–water partition coefficient (Wildman–Crippen LogP) is 1.41. The summed E-state index contributed by atoms with van der Waals surface area (Å²) in [6, 6.07) is 3.26. The fourth-order valence-corrected chi connectivity index (χ4v) is 3.55. The third kappa shape index (κ3) is 3.20. The van der Waals surface area contributed by atoms with Gasteiger partial charge in [0.25, 0.3) is 5.91 Å². The first kappa shape index (κ1) is 17.0. The summed E-state index contributed by atoms with van der Waals surface area (Å²) in [4.78, 5) is 12.1. The molecule has 3 saturated heterocycles. The van der Waals surface area contributed by atoms with Crippen LogP contribution in [0.3, 0.4) is 0 Å². The normalized spacial score (nSPS) is 38.2. The molecule has 8 nitrogen and oxygen atoms in total. The molecular formula is C17H23NO7. The van der Waals surface area contributed by atoms with Gasteiger partial charge in [-0.15, -0.1) is 0 Å². The lowest BCUT2D eigenvalue weighted by Crippen LogP contribution is -2.57. The van der Waals surface area contributed by atoms with Crippen molar-refractivity contribution < 1.29 is 32.9 Å². The Hall–Kier alpha value is -1.45. The average Bonchev–Trinajstić information content (AvgIpc) is 3.19. The molecule has 25 heavy (non-hydrogen) atoms. The topological polar surface area (TPSA) is 88.4 Å². The number of carbonyl (C=O) groups excluding carboxylic acids is 1. The van der Waals surface area contributed by atoms with Crippen LogP contribution in [0.5, 0.6) is 0 Å². The van der Waals surface area contributed by atoms with Crippen LogP contribution in [0.1, 0.15) is 38.2 Å². The van der Waals surface area contributed by atoms with Gasteiger partial charge in [0, 0.05) is 6.54 Å². The van der Waals surface area contributed by atoms with Crippen LogP contribution in [0.15, 0.2) is 22.8 Å². The zero-order chi connectivity index (χ0) is 17.8. The van der Waals surface area contributed by atoms with Crippen molar-refractivity contribution in [2.24, 2.45) is 0 Å². The van der Waals surface area contributed by atoms with Crippen LogP contribution in [-0.4, -0.2) is 54.7 Å². The number of amides is 1. The Bertz CT molecular complexity index is 641. The minimum Gasteiger partial charge on any atom is -0.459 e. The van der Waals surface area contributed by atoms with E-state index in [1.807, 2.05) is 27.7 Å². The van der Waals surface area contributed by atoms with Gasteiger partial charge in [-0.2, -0.15) is 0 Å². The maximum atomic E-state index is 12.1. The molecular weight excluding hydrogens is 330 g/mol. The Morgan fingerprint density at radius 3 is 2.44 bits per heavy atom. The number of hydrogen-bond acceptors (Lipinski definition) is 7. The summed E-state index contributed by atoms with van der Waals surface area (Å²) in [6.45, 7) is 7.60. The van der Waals surface area contributed by atoms with Gasteiger partial charge in [-0.05, 0) is 39.8 Å². The first-order chi connectivity index (χ1) is 11.7. The SMILES string of the molecule is CC1(C)O[C@@H]2O[C@H](CNC(=O)c3ccco3)[C@@H]3OC(C)(C)O[C@H]3[C@@H]2O1. The van der Waals surface area contributed by atoms with Crippen LogP contribution in [-0.2, 0) is 23.7 Å². The van der Waals surface area contributed by atoms with Crippen molar-refractivity contribution in [1.29, 1.82) is 0 Å². The van der Waals surface area contributed by atoms with Gasteiger partial charge < -0.3 is 33.4 Å². The first-order valence-corrected chi connectivity index (χ1v) is 8.43. The Morgan fingerprint density at radius 2 is 1.72 bits per heavy atom. The summed E-state index contributed by atoms with van der Waals surface area (Å²) < 4.78 is 34.9. The summed E-state index contributed by atoms with van der Waals surface area (Å²) in [5.41, 5.74) is 0. The van der Waals surface area contributed by atoms with Gasteiger partial charge in [-0.25, -0.2) is 0 Å². The Kier molecular flexibility index (Phi) is 3.93. The minimum absolute atomic E-state index is 0.243. The van der Waals surface area contributed by atoms with Gasteiger partial charge in [0.15, 0.2) is 23.6 Å². The largest absolute Gasteiger partial charge is 0.459 e. The number of hydrogen-bond donors (Lipinski definition) is 1. The highest BCUT2D eigenvalue weighted by molar-refractivity contribution is 5.91. The van der Waals surface area contributed by atoms with Crippen LogP contribution in [0, 0.1) is 0 Å². The van der Waals surface area contributed by atoms with Crippen molar-refractivity contribution in [2.45, 2.75) is 70.0 Å². The zero-order valence-corrected chi connectivity index (χ0v) is 14.7. The van der Waals surface area contributed by atoms with E-state index in [1.165, 1.54) is 6.26 Å². The van der Waals surface area contributed by atoms with E-state index in [-0.39, 0.29) is 36.5 Å². The van der Waals surface area contributed by atoms with Gasteiger partial charge >= 0.3 is 0 Å². The van der Waals surface area contributed by atoms with Crippen LogP contribution < -0.4 is 5.32 Å². The smallest absolute Gasteiger partial charge is 0.287 e. The summed E-state index contributed by atoms with van der Waals surface area (Å²) in [7, 11) is 0. The molecule has 0 aromatic carbocycles. The monoisotopic (exact) mass is 353 g/mol. The van der Waals surface area contributed by atoms with E-state index in [4.69, 9.17) is 28.1 Å². The van der Waals surface area contributed by atoms with Crippen molar-refractivity contribution >= 4 is 5.91 Å². The molecule has 0 unspecified atom stereocenters. The van der Waals surface area contributed by atoms with Crippen LogP contribution in [0.25, 0.3) is 0 Å². The lowest BCUT2D eigenvalue weighted by molar-refractivity contribution is -0.232. The number of furan rings is 1. The van der Waals surface area contributed by atoms with E-state index in [0.717, 1.165) is 0 Å². The van der Waals surface area contributed by atoms with Crippen LogP contribution in [0.2, 0.25) is 0 Å². The molecule has 0 bridgehead atoms. The molecule has 5 atom stereocenters. The highest BCUT2D eigenvalue weighted by atomic mass is 16.9. The van der Waals surface area contributed by atoms with Crippen molar-refractivity contribution in [2.75, 3.05) is 6.54 Å². The summed E-state index contributed by atoms with van der Waals surface area (Å²) >= 11 is 0. The van der Waals surface area contributed by atoms with Gasteiger partial charge in [-0.1, -0.05) is 0 Å². The standard InChI is InChI=1S/C17H23NO7/c1-16(2)22-11-10(8-18-14(19)9-6-5-7-20-9)21-15-13(12(11)23-16)24-17(3,4)25-15/h5-7,10-13,15H,8H2,1-4H3,(H,18,19)/t10-,11+,12-,13+,15+/m1/s1. The second-order valence-corrected chi connectivity index (χ2v) is 7.40. The number of nitrogens with one attached hydrogen (secondary N) is 1. The van der Waals surface area contributed by atoms with E-state index < -0.39 is 24.0 Å². The molecule has 4 rings (SSSR count). The van der Waals surface area contributed by atoms with Crippen molar-refractivity contribution in [3.05, 3.63) is 24.2 Å². The summed E-state index contributed by atoms with van der Waals surface area (Å²) in [5, 5.41) is 2.81. The Morgan fingerprint density at radius 1 is 1.04 bits per heavy atom. The van der Waals surface area contributed by atoms with Gasteiger partial charge in [0.2, 0.25) is 0 Å². The molecule has 0 radical (unpaired) electrons. The predicted molar refractivity (Wildman–Crippen MR) is 83.6 cm³/mol. The molecule has 1 aromatic heterocycles. The summed E-state index contributed by atoms with van der Waals surface area (Å²) in [5.74, 6) is -1.58. The molecule has 8 heteroatoms. The second-order valence-electron chi connectivity index (χ2n) is 7.40. The second kappa shape index (κ2) is 5.78. The molecule has 4 heterocycles. The van der Waals surface area contributed by atoms with E-state index in [1.54, 1.807) is 12.1 Å². The number of ether oxygens (including phenoxy) is 5. The molecule has 1 aromatic rings. The van der Waals surface area contributed by atoms with Crippen molar-refractivity contribution in [3.8, 4) is 0 Å². The third-order valence-corrected chi connectivity index (χ3v) is 4.46. The van der Waals surface area contributed by atoms with Crippen molar-refractivity contribution in [3.63, 3.8) is 0 Å². The Balaban J connectivity index is 1.49. The maximum Gasteiger partial charge on any atom is 0.287 e. The highest BCUT2D eigenvalue weighted by Crippen LogP contribution is 2.43. The number of fused-ring (bicyclic) bond motifs is 3. The average molecular weight is 353 g/mol. The quantitative estimate of drug-likeness (QED) is 0.879. The molecule has 3 fully saturated rings. The Labute approximate surface area is 145 Å². The molecule has 0 aliphatic carbocycles. The van der Waals surface area contributed by atoms with E-state index in [2.05, 4.69) is 5.32 Å². The van der Waals surface area contributed by atoms with Gasteiger partial charge in [-0.3, -0.25) is 4.79 Å². The molecule has 1 N–H and O–H groups in total. The summed E-state index contributed by atoms with van der Waals surface area (Å²) in [6.07, 6.45) is -0.622. The third-order valence-electron chi connectivity index (χ3n) is 4.46. The van der Waals surface area contributed by atoms with E-state index in [0.29, 0.717) is 0 Å². The van der Waals surface area contributed by atoms with Gasteiger partial charge in [0.1, 0.15) is 24.4 Å². The molecule has 3 aliphatic heterocycles. The highest BCUT2D eigenvalue weighted by Gasteiger charge is 2.60. The number of carbonyl (C=O) groups is 1. The fraction of sp³-hybridized carbons (Fsp3) is 0.706. The van der Waals surface area contributed by atoms with E-state index in [9.17, 15) is 4.79 Å².